The van der Waals surface area contributed by atoms with Gasteiger partial charge in [-0.3, -0.25) is 0 Å². The molecule has 4 rings (SSSR count). The molecule has 0 saturated heterocycles. The maximum absolute atomic E-state index is 5.10. The summed E-state index contributed by atoms with van der Waals surface area (Å²) >= 11 is 5.12. The predicted molar refractivity (Wildman–Crippen MR) is 96.2 cm³/mol. The summed E-state index contributed by atoms with van der Waals surface area (Å²) < 4.78 is 10.7. The van der Waals surface area contributed by atoms with E-state index in [0.717, 1.165) is 41.4 Å². The average molecular weight is 393 g/mol. The fourth-order valence-electron chi connectivity index (χ4n) is 3.03. The molecule has 0 unspecified atom stereocenters. The predicted octanol–water partition coefficient (Wildman–Crippen LogP) is 3.53. The molecular formula is C16H17BrN4OS. The monoisotopic (exact) mass is 392 g/mol. The van der Waals surface area contributed by atoms with Crippen LogP contribution in [0.15, 0.2) is 22.7 Å². The van der Waals surface area contributed by atoms with Gasteiger partial charge in [0.25, 0.3) is 0 Å². The zero-order valence-corrected chi connectivity index (χ0v) is 15.2. The number of ether oxygens (including phenoxy) is 1. The summed E-state index contributed by atoms with van der Waals surface area (Å²) in [6.07, 6.45) is 1.77. The molecule has 1 aliphatic heterocycles. The number of anilines is 1. The van der Waals surface area contributed by atoms with Crippen molar-refractivity contribution in [3.05, 3.63) is 39.8 Å². The Morgan fingerprint density at radius 1 is 1.43 bits per heavy atom. The van der Waals surface area contributed by atoms with E-state index in [1.165, 1.54) is 33.7 Å². The second-order valence-corrected chi connectivity index (χ2v) is 7.24. The Labute approximate surface area is 147 Å². The summed E-state index contributed by atoms with van der Waals surface area (Å²) in [5, 5.41) is 2.30. The van der Waals surface area contributed by atoms with Crippen LogP contribution in [0, 0.1) is 0 Å². The van der Waals surface area contributed by atoms with Crippen molar-refractivity contribution in [2.75, 3.05) is 25.2 Å². The summed E-state index contributed by atoms with van der Waals surface area (Å²) in [5.41, 5.74) is 3.91. The zero-order chi connectivity index (χ0) is 15.8. The molecule has 2 aromatic heterocycles. The highest BCUT2D eigenvalue weighted by molar-refractivity contribution is 9.10. The third-order valence-corrected chi connectivity index (χ3v) is 5.69. The van der Waals surface area contributed by atoms with Gasteiger partial charge in [-0.1, -0.05) is 12.1 Å². The molecule has 3 aromatic rings. The van der Waals surface area contributed by atoms with Gasteiger partial charge in [0.15, 0.2) is 0 Å². The van der Waals surface area contributed by atoms with Crippen LogP contribution in [0.2, 0.25) is 0 Å². The molecule has 120 valence electrons. The number of aromatic nitrogens is 3. The quantitative estimate of drug-likeness (QED) is 0.737. The average Bonchev–Trinajstić information content (AvgIpc) is 3.18. The molecule has 0 fully saturated rings. The van der Waals surface area contributed by atoms with E-state index in [-0.39, 0.29) is 0 Å². The number of para-hydroxylation sites is 1. The lowest BCUT2D eigenvalue weighted by molar-refractivity contribution is 0.201. The summed E-state index contributed by atoms with van der Waals surface area (Å²) in [7, 11) is 1.70. The molecule has 1 N–H and O–H groups in total. The van der Waals surface area contributed by atoms with Crippen LogP contribution in [0.3, 0.4) is 0 Å². The number of methoxy groups -OCH3 is 1. The minimum Gasteiger partial charge on any atom is -0.384 e. The van der Waals surface area contributed by atoms with E-state index < -0.39 is 0 Å². The smallest absolute Gasteiger partial charge is 0.205 e. The summed E-state index contributed by atoms with van der Waals surface area (Å²) in [4.78, 5) is 10.6. The van der Waals surface area contributed by atoms with Crippen molar-refractivity contribution in [2.24, 2.45) is 0 Å². The minimum absolute atomic E-state index is 0.663. The van der Waals surface area contributed by atoms with Crippen LogP contribution in [-0.2, 0) is 24.1 Å². The van der Waals surface area contributed by atoms with E-state index in [1.54, 1.807) is 7.11 Å². The van der Waals surface area contributed by atoms with Crippen LogP contribution in [0.1, 0.15) is 17.1 Å². The van der Waals surface area contributed by atoms with Crippen molar-refractivity contribution < 1.29 is 4.74 Å². The lowest BCUT2D eigenvalue weighted by atomic mass is 10.1. The number of nitrogens with one attached hydrogen (secondary N) is 1. The van der Waals surface area contributed by atoms with Crippen molar-refractivity contribution in [3.63, 3.8) is 0 Å². The first-order valence-electron chi connectivity index (χ1n) is 7.60. The van der Waals surface area contributed by atoms with Gasteiger partial charge in [0.1, 0.15) is 5.82 Å². The normalized spacial score (nSPS) is 14.4. The van der Waals surface area contributed by atoms with Crippen LogP contribution in [0.4, 0.5) is 5.13 Å². The highest BCUT2D eigenvalue weighted by atomic mass is 79.9. The fourth-order valence-corrected chi connectivity index (χ4v) is 4.24. The van der Waals surface area contributed by atoms with Crippen LogP contribution in [-0.4, -0.2) is 34.6 Å². The summed E-state index contributed by atoms with van der Waals surface area (Å²) in [6.45, 7) is 2.51. The van der Waals surface area contributed by atoms with Crippen LogP contribution < -0.4 is 4.90 Å². The molecule has 1 aromatic carbocycles. The van der Waals surface area contributed by atoms with Gasteiger partial charge in [-0.25, -0.2) is 4.98 Å². The van der Waals surface area contributed by atoms with E-state index >= 15 is 0 Å². The van der Waals surface area contributed by atoms with E-state index in [2.05, 4.69) is 53.4 Å². The Kier molecular flexibility index (Phi) is 4.09. The molecule has 1 aliphatic rings. The first-order valence-corrected chi connectivity index (χ1v) is 9.17. The SMILES string of the molecule is COCCc1nsc(N2CCc3[nH]c4c(Br)cccc4c3C2)n1. The zero-order valence-electron chi connectivity index (χ0n) is 12.8. The van der Waals surface area contributed by atoms with Gasteiger partial charge >= 0.3 is 0 Å². The van der Waals surface area contributed by atoms with Crippen LogP contribution >= 0.6 is 27.5 Å². The lowest BCUT2D eigenvalue weighted by Crippen LogP contribution is -2.30. The molecule has 0 aliphatic carbocycles. The third kappa shape index (κ3) is 2.77. The van der Waals surface area contributed by atoms with Crippen molar-refractivity contribution >= 4 is 43.5 Å². The number of benzene rings is 1. The largest absolute Gasteiger partial charge is 0.384 e. The fraction of sp³-hybridized carbons (Fsp3) is 0.375. The van der Waals surface area contributed by atoms with Crippen molar-refractivity contribution in [2.45, 2.75) is 19.4 Å². The summed E-state index contributed by atoms with van der Waals surface area (Å²) in [6, 6.07) is 6.35. The van der Waals surface area contributed by atoms with E-state index in [1.807, 2.05) is 0 Å². The number of aromatic amines is 1. The molecule has 7 heteroatoms. The number of hydrogen-bond acceptors (Lipinski definition) is 5. The maximum atomic E-state index is 5.10. The molecule has 0 bridgehead atoms. The molecule has 0 spiro atoms. The second-order valence-electron chi connectivity index (χ2n) is 5.65. The number of halogens is 1. The Morgan fingerprint density at radius 2 is 2.35 bits per heavy atom. The first-order chi connectivity index (χ1) is 11.3. The molecule has 3 heterocycles. The van der Waals surface area contributed by atoms with E-state index in [0.29, 0.717) is 6.61 Å². The molecule has 23 heavy (non-hydrogen) atoms. The van der Waals surface area contributed by atoms with E-state index in [9.17, 15) is 0 Å². The number of H-pyrrole nitrogens is 1. The van der Waals surface area contributed by atoms with Gasteiger partial charge in [-0.05, 0) is 22.0 Å². The number of nitrogens with zero attached hydrogens (tertiary/aromatic N) is 3. The highest BCUT2D eigenvalue weighted by Crippen LogP contribution is 2.33. The standard InChI is InChI=1S/C16H17BrN4OS/c1-22-8-6-14-19-16(23-20-14)21-7-5-13-11(9-21)10-3-2-4-12(17)15(10)18-13/h2-4,18H,5-9H2,1H3. The van der Waals surface area contributed by atoms with Crippen molar-refractivity contribution in [3.8, 4) is 0 Å². The van der Waals surface area contributed by atoms with Gasteiger partial charge in [-0.15, -0.1) is 0 Å². The van der Waals surface area contributed by atoms with Gasteiger partial charge in [0.05, 0.1) is 12.1 Å². The minimum atomic E-state index is 0.663. The molecule has 0 radical (unpaired) electrons. The van der Waals surface area contributed by atoms with Crippen molar-refractivity contribution in [1.82, 2.24) is 14.3 Å². The van der Waals surface area contributed by atoms with Gasteiger partial charge in [0, 0.05) is 65.7 Å². The third-order valence-electron chi connectivity index (χ3n) is 4.22. The molecule has 0 atom stereocenters. The lowest BCUT2D eigenvalue weighted by Gasteiger charge is -2.26. The van der Waals surface area contributed by atoms with Gasteiger partial charge in [0.2, 0.25) is 5.13 Å². The maximum Gasteiger partial charge on any atom is 0.205 e. The first kappa shape index (κ1) is 15.1. The van der Waals surface area contributed by atoms with Crippen LogP contribution in [0.5, 0.6) is 0 Å². The van der Waals surface area contributed by atoms with Gasteiger partial charge in [-0.2, -0.15) is 4.37 Å². The number of hydrogen-bond donors (Lipinski definition) is 1. The van der Waals surface area contributed by atoms with Gasteiger partial charge < -0.3 is 14.6 Å². The molecule has 5 nitrogen and oxygen atoms in total. The molecular weight excluding hydrogens is 376 g/mol. The number of rotatable bonds is 4. The van der Waals surface area contributed by atoms with Crippen molar-refractivity contribution in [1.29, 1.82) is 0 Å². The Morgan fingerprint density at radius 3 is 3.22 bits per heavy atom. The van der Waals surface area contributed by atoms with Crippen LogP contribution in [0.25, 0.3) is 10.9 Å². The Bertz CT molecular complexity index is 844. The Hall–Kier alpha value is -1.44. The highest BCUT2D eigenvalue weighted by Gasteiger charge is 2.23. The molecule has 0 saturated carbocycles. The topological polar surface area (TPSA) is 54.0 Å². The van der Waals surface area contributed by atoms with E-state index in [4.69, 9.17) is 4.74 Å². The number of fused-ring (bicyclic) bond motifs is 3. The summed E-state index contributed by atoms with van der Waals surface area (Å²) in [5.74, 6) is 0.874. The second kappa shape index (κ2) is 6.22. The molecule has 0 amide bonds. The Balaban J connectivity index is 1.62.